The zero-order valence-electron chi connectivity index (χ0n) is 10.8. The number of piperidine rings is 1. The van der Waals surface area contributed by atoms with Crippen LogP contribution in [0, 0.1) is 6.92 Å². The molecule has 8 heteroatoms. The fraction of sp³-hybridized carbons (Fsp3) is 0.800. The summed E-state index contributed by atoms with van der Waals surface area (Å²) in [7, 11) is -1.81. The first-order valence-electron chi connectivity index (χ1n) is 6.09. The third kappa shape index (κ3) is 2.88. The third-order valence-electron chi connectivity index (χ3n) is 3.04. The number of aromatic nitrogens is 3. The van der Waals surface area contributed by atoms with Gasteiger partial charge < -0.3 is 0 Å². The summed E-state index contributed by atoms with van der Waals surface area (Å²) < 4.78 is 27.4. The first-order chi connectivity index (χ1) is 8.50. The first kappa shape index (κ1) is 13.4. The summed E-state index contributed by atoms with van der Waals surface area (Å²) in [6, 6.07) is 0. The van der Waals surface area contributed by atoms with Crippen molar-refractivity contribution in [1.29, 1.82) is 0 Å². The maximum absolute atomic E-state index is 12.3. The number of rotatable bonds is 4. The van der Waals surface area contributed by atoms with Crippen molar-refractivity contribution in [3.05, 3.63) is 11.6 Å². The van der Waals surface area contributed by atoms with Crippen LogP contribution < -0.4 is 0 Å². The van der Waals surface area contributed by atoms with Gasteiger partial charge in [0.2, 0.25) is 0 Å². The minimum absolute atomic E-state index is 0.198. The predicted molar refractivity (Wildman–Crippen MR) is 66.9 cm³/mol. The molecule has 2 rings (SSSR count). The Kier molecular flexibility index (Phi) is 3.98. The Bertz CT molecular complexity index is 492. The zero-order chi connectivity index (χ0) is 13.2. The molecule has 1 saturated heterocycles. The van der Waals surface area contributed by atoms with E-state index < -0.39 is 10.2 Å². The summed E-state index contributed by atoms with van der Waals surface area (Å²) >= 11 is 0. The third-order valence-corrected chi connectivity index (χ3v) is 4.98. The summed E-state index contributed by atoms with van der Waals surface area (Å²) in [6.07, 6.45) is 2.98. The number of hydrogen-bond acceptors (Lipinski definition) is 4. The molecule has 7 nitrogen and oxygen atoms in total. The Labute approximate surface area is 107 Å². The van der Waals surface area contributed by atoms with Crippen molar-refractivity contribution in [2.75, 3.05) is 20.1 Å². The highest BCUT2D eigenvalue weighted by Crippen LogP contribution is 2.16. The van der Waals surface area contributed by atoms with Gasteiger partial charge in [-0.25, -0.2) is 4.98 Å². The van der Waals surface area contributed by atoms with E-state index in [-0.39, 0.29) is 6.54 Å². The minimum Gasteiger partial charge on any atom is -0.263 e. The summed E-state index contributed by atoms with van der Waals surface area (Å²) in [6.45, 7) is 3.21. The van der Waals surface area contributed by atoms with Crippen LogP contribution >= 0.6 is 0 Å². The molecular weight excluding hydrogens is 254 g/mol. The molecule has 0 bridgehead atoms. The molecule has 102 valence electrons. The van der Waals surface area contributed by atoms with Crippen molar-refractivity contribution in [3.63, 3.8) is 0 Å². The van der Waals surface area contributed by atoms with Gasteiger partial charge in [0.1, 0.15) is 5.82 Å². The maximum Gasteiger partial charge on any atom is 0.282 e. The molecule has 18 heavy (non-hydrogen) atoms. The van der Waals surface area contributed by atoms with Gasteiger partial charge in [-0.1, -0.05) is 6.42 Å². The second-order valence-corrected chi connectivity index (χ2v) is 6.60. The fourth-order valence-electron chi connectivity index (χ4n) is 2.03. The Morgan fingerprint density at radius 2 is 2.00 bits per heavy atom. The molecule has 0 saturated carbocycles. The van der Waals surface area contributed by atoms with Crippen molar-refractivity contribution < 1.29 is 8.42 Å². The van der Waals surface area contributed by atoms with Crippen LogP contribution in [-0.4, -0.2) is 52.3 Å². The lowest BCUT2D eigenvalue weighted by molar-refractivity contribution is 0.312. The summed E-state index contributed by atoms with van der Waals surface area (Å²) in [5, 5.41) is 6.66. The van der Waals surface area contributed by atoms with E-state index in [2.05, 4.69) is 15.2 Å². The van der Waals surface area contributed by atoms with E-state index in [1.807, 2.05) is 0 Å². The van der Waals surface area contributed by atoms with Crippen molar-refractivity contribution in [3.8, 4) is 0 Å². The van der Waals surface area contributed by atoms with Crippen molar-refractivity contribution >= 4 is 10.2 Å². The van der Waals surface area contributed by atoms with Crippen LogP contribution in [0.25, 0.3) is 0 Å². The van der Waals surface area contributed by atoms with E-state index in [9.17, 15) is 8.42 Å². The Hall–Kier alpha value is -0.990. The second kappa shape index (κ2) is 5.33. The minimum atomic E-state index is -3.38. The van der Waals surface area contributed by atoms with Crippen LogP contribution in [0.1, 0.15) is 30.9 Å². The van der Waals surface area contributed by atoms with Crippen LogP contribution in [0.2, 0.25) is 0 Å². The summed E-state index contributed by atoms with van der Waals surface area (Å²) in [5.74, 6) is 1.18. The summed E-state index contributed by atoms with van der Waals surface area (Å²) in [5.41, 5.74) is 0. The van der Waals surface area contributed by atoms with Crippen LogP contribution in [0.3, 0.4) is 0 Å². The SMILES string of the molecule is Cc1nc(CN(C)S(=O)(=O)N2CCCCC2)n[nH]1. The molecule has 0 radical (unpaired) electrons. The molecule has 0 amide bonds. The maximum atomic E-state index is 12.3. The van der Waals surface area contributed by atoms with Gasteiger partial charge in [-0.05, 0) is 19.8 Å². The number of aryl methyl sites for hydroxylation is 1. The van der Waals surface area contributed by atoms with Gasteiger partial charge in [0.05, 0.1) is 6.54 Å². The highest BCUT2D eigenvalue weighted by atomic mass is 32.2. The van der Waals surface area contributed by atoms with Gasteiger partial charge >= 0.3 is 0 Å². The Morgan fingerprint density at radius 3 is 2.56 bits per heavy atom. The smallest absolute Gasteiger partial charge is 0.263 e. The standard InChI is InChI=1S/C10H19N5O2S/c1-9-11-10(13-12-9)8-14(2)18(16,17)15-6-4-3-5-7-15/h3-8H2,1-2H3,(H,11,12,13). The molecule has 0 spiro atoms. The molecule has 2 heterocycles. The average Bonchev–Trinajstić information content (AvgIpc) is 2.76. The monoisotopic (exact) mass is 273 g/mol. The molecule has 0 atom stereocenters. The van der Waals surface area contributed by atoms with E-state index in [4.69, 9.17) is 0 Å². The lowest BCUT2D eigenvalue weighted by Crippen LogP contribution is -2.44. The van der Waals surface area contributed by atoms with Crippen molar-refractivity contribution in [2.45, 2.75) is 32.7 Å². The van der Waals surface area contributed by atoms with Gasteiger partial charge in [-0.15, -0.1) is 0 Å². The van der Waals surface area contributed by atoms with Crippen LogP contribution in [0.5, 0.6) is 0 Å². The second-order valence-electron chi connectivity index (χ2n) is 4.56. The first-order valence-corrected chi connectivity index (χ1v) is 7.49. The molecule has 1 N–H and O–H groups in total. The summed E-state index contributed by atoms with van der Waals surface area (Å²) in [4.78, 5) is 4.12. The van der Waals surface area contributed by atoms with Gasteiger partial charge in [0.15, 0.2) is 5.82 Å². The largest absolute Gasteiger partial charge is 0.282 e. The Morgan fingerprint density at radius 1 is 1.33 bits per heavy atom. The number of aromatic amines is 1. The lowest BCUT2D eigenvalue weighted by Gasteiger charge is -2.29. The molecule has 0 unspecified atom stereocenters. The molecule has 0 aromatic carbocycles. The van der Waals surface area contributed by atoms with Crippen molar-refractivity contribution in [2.24, 2.45) is 0 Å². The normalized spacial score (nSPS) is 18.4. The average molecular weight is 273 g/mol. The number of nitrogens with one attached hydrogen (secondary N) is 1. The molecule has 1 aromatic heterocycles. The van der Waals surface area contributed by atoms with Crippen LogP contribution in [0.4, 0.5) is 0 Å². The van der Waals surface area contributed by atoms with E-state index in [0.717, 1.165) is 19.3 Å². The van der Waals surface area contributed by atoms with E-state index in [1.165, 1.54) is 8.61 Å². The quantitative estimate of drug-likeness (QED) is 0.854. The lowest BCUT2D eigenvalue weighted by atomic mass is 10.2. The van der Waals surface area contributed by atoms with Gasteiger partial charge in [-0.3, -0.25) is 5.10 Å². The van der Waals surface area contributed by atoms with Gasteiger partial charge in [0, 0.05) is 20.1 Å². The fourth-order valence-corrected chi connectivity index (χ4v) is 3.43. The molecule has 1 aliphatic rings. The highest BCUT2D eigenvalue weighted by molar-refractivity contribution is 7.86. The topological polar surface area (TPSA) is 82.2 Å². The molecule has 1 aliphatic heterocycles. The van der Waals surface area contributed by atoms with E-state index >= 15 is 0 Å². The molecule has 1 aromatic rings. The molecule has 1 fully saturated rings. The highest BCUT2D eigenvalue weighted by Gasteiger charge is 2.28. The van der Waals surface area contributed by atoms with Crippen LogP contribution in [0.15, 0.2) is 0 Å². The van der Waals surface area contributed by atoms with Gasteiger partial charge in [0.25, 0.3) is 10.2 Å². The van der Waals surface area contributed by atoms with Crippen molar-refractivity contribution in [1.82, 2.24) is 23.8 Å². The van der Waals surface area contributed by atoms with Crippen LogP contribution in [-0.2, 0) is 16.8 Å². The number of H-pyrrole nitrogens is 1. The molecule has 0 aliphatic carbocycles. The molecular formula is C10H19N5O2S. The Balaban J connectivity index is 2.04. The van der Waals surface area contributed by atoms with E-state index in [0.29, 0.717) is 24.7 Å². The number of nitrogens with zero attached hydrogens (tertiary/aromatic N) is 4. The number of hydrogen-bond donors (Lipinski definition) is 1. The predicted octanol–water partition coefficient (Wildman–Crippen LogP) is 0.276. The van der Waals surface area contributed by atoms with Gasteiger partial charge in [-0.2, -0.15) is 22.1 Å². The van der Waals surface area contributed by atoms with E-state index in [1.54, 1.807) is 14.0 Å². The zero-order valence-corrected chi connectivity index (χ0v) is 11.6.